The monoisotopic (exact) mass is 255 g/mol. The summed E-state index contributed by atoms with van der Waals surface area (Å²) < 4.78 is 3.91. The third-order valence-corrected chi connectivity index (χ3v) is 4.43. The summed E-state index contributed by atoms with van der Waals surface area (Å²) >= 11 is 6.78. The molecule has 0 saturated heterocycles. The topological polar surface area (TPSA) is 37.8 Å². The quantitative estimate of drug-likeness (QED) is 0.825. The van der Waals surface area contributed by atoms with Crippen molar-refractivity contribution in [1.82, 2.24) is 14.9 Å². The fourth-order valence-corrected chi connectivity index (χ4v) is 3.24. The Morgan fingerprint density at radius 3 is 2.94 bits per heavy atom. The largest absolute Gasteiger partial charge is 0.372 e. The molecule has 1 aliphatic rings. The maximum atomic E-state index is 5.40. The lowest BCUT2D eigenvalue weighted by molar-refractivity contribution is 0.327. The molecule has 0 aliphatic heterocycles. The van der Waals surface area contributed by atoms with Crippen molar-refractivity contribution < 1.29 is 0 Å². The molecule has 1 aromatic rings. The molecule has 0 amide bonds. The summed E-state index contributed by atoms with van der Waals surface area (Å²) in [4.78, 5) is 1.85. The van der Waals surface area contributed by atoms with Crippen LogP contribution in [0.5, 0.6) is 0 Å². The van der Waals surface area contributed by atoms with E-state index in [0.29, 0.717) is 6.04 Å². The highest BCUT2D eigenvalue weighted by molar-refractivity contribution is 7.81. The molecule has 0 radical (unpaired) electrons. The van der Waals surface area contributed by atoms with Gasteiger partial charge in [0.2, 0.25) is 0 Å². The first kappa shape index (κ1) is 11.9. The minimum absolute atomic E-state index is 0.540. The van der Waals surface area contributed by atoms with Crippen molar-refractivity contribution in [1.29, 1.82) is 0 Å². The van der Waals surface area contributed by atoms with Gasteiger partial charge in [0, 0.05) is 6.04 Å². The zero-order valence-electron chi connectivity index (χ0n) is 9.69. The van der Waals surface area contributed by atoms with E-state index in [1.54, 1.807) is 0 Å². The van der Waals surface area contributed by atoms with Gasteiger partial charge in [-0.2, -0.15) is 0 Å². The van der Waals surface area contributed by atoms with Gasteiger partial charge < -0.3 is 5.32 Å². The minimum Gasteiger partial charge on any atom is -0.372 e. The van der Waals surface area contributed by atoms with Gasteiger partial charge in [0.25, 0.3) is 0 Å². The van der Waals surface area contributed by atoms with Gasteiger partial charge in [0.1, 0.15) is 9.87 Å². The first-order valence-electron chi connectivity index (χ1n) is 5.76. The number of rotatable bonds is 2. The van der Waals surface area contributed by atoms with Crippen LogP contribution in [0.2, 0.25) is 0 Å². The SMILES string of the molecule is Cc1nnsc1C(=S)NC1CCCC(C)C1. The third-order valence-electron chi connectivity index (χ3n) is 3.13. The first-order chi connectivity index (χ1) is 7.66. The molecule has 0 bridgehead atoms. The molecular formula is C11H17N3S2. The van der Waals surface area contributed by atoms with Crippen molar-refractivity contribution in [2.75, 3.05) is 0 Å². The zero-order chi connectivity index (χ0) is 11.5. The molecule has 3 nitrogen and oxygen atoms in total. The lowest BCUT2D eigenvalue weighted by atomic mass is 9.87. The van der Waals surface area contributed by atoms with Crippen molar-refractivity contribution in [2.45, 2.75) is 45.6 Å². The molecule has 16 heavy (non-hydrogen) atoms. The normalized spacial score (nSPS) is 25.4. The predicted molar refractivity (Wildman–Crippen MR) is 70.9 cm³/mol. The van der Waals surface area contributed by atoms with Gasteiger partial charge in [-0.3, -0.25) is 0 Å². The van der Waals surface area contributed by atoms with Gasteiger partial charge in [-0.15, -0.1) is 5.10 Å². The van der Waals surface area contributed by atoms with Crippen LogP contribution in [-0.4, -0.2) is 20.6 Å². The van der Waals surface area contributed by atoms with Gasteiger partial charge in [-0.1, -0.05) is 36.5 Å². The summed E-state index contributed by atoms with van der Waals surface area (Å²) in [7, 11) is 0. The zero-order valence-corrected chi connectivity index (χ0v) is 11.3. The average molecular weight is 255 g/mol. The van der Waals surface area contributed by atoms with Gasteiger partial charge in [-0.25, -0.2) is 0 Å². The molecule has 0 spiro atoms. The van der Waals surface area contributed by atoms with Crippen LogP contribution in [0.15, 0.2) is 0 Å². The fraction of sp³-hybridized carbons (Fsp3) is 0.727. The van der Waals surface area contributed by atoms with Crippen molar-refractivity contribution in [3.05, 3.63) is 10.6 Å². The first-order valence-corrected chi connectivity index (χ1v) is 6.95. The van der Waals surface area contributed by atoms with E-state index in [-0.39, 0.29) is 0 Å². The van der Waals surface area contributed by atoms with Crippen LogP contribution in [0.1, 0.15) is 43.2 Å². The maximum absolute atomic E-state index is 5.40. The minimum atomic E-state index is 0.540. The Balaban J connectivity index is 1.95. The molecule has 0 aromatic carbocycles. The van der Waals surface area contributed by atoms with Crippen LogP contribution in [0.25, 0.3) is 0 Å². The van der Waals surface area contributed by atoms with E-state index in [9.17, 15) is 0 Å². The van der Waals surface area contributed by atoms with E-state index in [0.717, 1.165) is 21.5 Å². The Morgan fingerprint density at radius 1 is 1.50 bits per heavy atom. The van der Waals surface area contributed by atoms with Crippen molar-refractivity contribution in [3.63, 3.8) is 0 Å². The maximum Gasteiger partial charge on any atom is 0.120 e. The highest BCUT2D eigenvalue weighted by Gasteiger charge is 2.20. The second kappa shape index (κ2) is 5.19. The van der Waals surface area contributed by atoms with E-state index in [1.165, 1.54) is 37.2 Å². The Morgan fingerprint density at radius 2 is 2.31 bits per heavy atom. The van der Waals surface area contributed by atoms with Gasteiger partial charge in [0.15, 0.2) is 0 Å². The summed E-state index contributed by atoms with van der Waals surface area (Å²) in [5, 5.41) is 7.44. The van der Waals surface area contributed by atoms with Crippen molar-refractivity contribution in [2.24, 2.45) is 5.92 Å². The fourth-order valence-electron chi connectivity index (χ4n) is 2.26. The smallest absolute Gasteiger partial charge is 0.120 e. The van der Waals surface area contributed by atoms with Crippen LogP contribution in [0.3, 0.4) is 0 Å². The number of aromatic nitrogens is 2. The Bertz CT molecular complexity index is 375. The molecule has 1 N–H and O–H groups in total. The Hall–Kier alpha value is -0.550. The summed E-state index contributed by atoms with van der Waals surface area (Å²) in [5.74, 6) is 0.815. The molecule has 1 aliphatic carbocycles. The second-order valence-electron chi connectivity index (χ2n) is 4.63. The Labute approximate surface area is 106 Å². The average Bonchev–Trinajstić information content (AvgIpc) is 2.64. The molecule has 1 fully saturated rings. The number of aryl methyl sites for hydroxylation is 1. The van der Waals surface area contributed by atoms with E-state index in [2.05, 4.69) is 21.8 Å². The van der Waals surface area contributed by atoms with Gasteiger partial charge in [-0.05, 0) is 37.2 Å². The lowest BCUT2D eigenvalue weighted by Gasteiger charge is -2.28. The molecule has 1 saturated carbocycles. The predicted octanol–water partition coefficient (Wildman–Crippen LogP) is 2.69. The summed E-state index contributed by atoms with van der Waals surface area (Å²) in [6, 6.07) is 0.540. The van der Waals surface area contributed by atoms with Crippen LogP contribution < -0.4 is 5.32 Å². The number of hydrogen-bond acceptors (Lipinski definition) is 4. The third kappa shape index (κ3) is 2.77. The summed E-state index contributed by atoms with van der Waals surface area (Å²) in [6.45, 7) is 4.27. The van der Waals surface area contributed by atoms with E-state index < -0.39 is 0 Å². The van der Waals surface area contributed by atoms with Crippen LogP contribution in [0.4, 0.5) is 0 Å². The molecule has 2 rings (SSSR count). The van der Waals surface area contributed by atoms with Crippen LogP contribution in [0, 0.1) is 12.8 Å². The van der Waals surface area contributed by atoms with Crippen LogP contribution >= 0.6 is 23.8 Å². The van der Waals surface area contributed by atoms with Gasteiger partial charge >= 0.3 is 0 Å². The van der Waals surface area contributed by atoms with Crippen LogP contribution in [-0.2, 0) is 0 Å². The number of nitrogens with zero attached hydrogens (tertiary/aromatic N) is 2. The molecule has 1 aromatic heterocycles. The molecule has 2 atom stereocenters. The number of thiocarbonyl (C=S) groups is 1. The Kier molecular flexibility index (Phi) is 3.86. The van der Waals surface area contributed by atoms with E-state index in [4.69, 9.17) is 12.2 Å². The van der Waals surface area contributed by atoms with Gasteiger partial charge in [0.05, 0.1) is 5.69 Å². The highest BCUT2D eigenvalue weighted by atomic mass is 32.1. The van der Waals surface area contributed by atoms with Crippen molar-refractivity contribution in [3.8, 4) is 0 Å². The molecule has 5 heteroatoms. The molecular weight excluding hydrogens is 238 g/mol. The molecule has 2 unspecified atom stereocenters. The second-order valence-corrected chi connectivity index (χ2v) is 5.79. The molecule has 1 heterocycles. The molecule has 88 valence electrons. The van der Waals surface area contributed by atoms with E-state index in [1.807, 2.05) is 6.92 Å². The van der Waals surface area contributed by atoms with E-state index >= 15 is 0 Å². The lowest BCUT2D eigenvalue weighted by Crippen LogP contribution is -2.37. The van der Waals surface area contributed by atoms with Crippen molar-refractivity contribution >= 4 is 28.7 Å². The highest BCUT2D eigenvalue weighted by Crippen LogP contribution is 2.24. The number of hydrogen-bond donors (Lipinski definition) is 1. The standard InChI is InChI=1S/C11H17N3S2/c1-7-4-3-5-9(6-7)12-11(15)10-8(2)13-14-16-10/h7,9H,3-6H2,1-2H3,(H,12,15). The summed E-state index contributed by atoms with van der Waals surface area (Å²) in [5.41, 5.74) is 0.936. The number of nitrogens with one attached hydrogen (secondary N) is 1. The summed E-state index contributed by atoms with van der Waals surface area (Å²) in [6.07, 6.45) is 5.12.